The molecule has 4 nitrogen and oxygen atoms in total. The zero-order chi connectivity index (χ0) is 14.7. The van der Waals surface area contributed by atoms with E-state index in [0.717, 1.165) is 18.0 Å². The normalized spacial score (nSPS) is 27.7. The molecule has 0 aromatic heterocycles. The first-order valence-corrected chi connectivity index (χ1v) is 8.12. The van der Waals surface area contributed by atoms with E-state index in [-0.39, 0.29) is 11.9 Å². The SMILES string of the molecule is NNC(=O)C(c1ccccc1)N1CCC[C@H]2CCCC[C@H]21. The maximum atomic E-state index is 12.4. The molecule has 1 aromatic carbocycles. The van der Waals surface area contributed by atoms with Crippen LogP contribution in [0.25, 0.3) is 0 Å². The summed E-state index contributed by atoms with van der Waals surface area (Å²) in [6.07, 6.45) is 7.64. The summed E-state index contributed by atoms with van der Waals surface area (Å²) in [4.78, 5) is 14.8. The lowest BCUT2D eigenvalue weighted by molar-refractivity contribution is -0.129. The highest BCUT2D eigenvalue weighted by atomic mass is 16.2. The predicted octanol–water partition coefficient (Wildman–Crippen LogP) is 2.37. The zero-order valence-electron chi connectivity index (χ0n) is 12.5. The highest BCUT2D eigenvalue weighted by molar-refractivity contribution is 5.82. The number of piperidine rings is 1. The molecule has 3 rings (SSSR count). The Morgan fingerprint density at radius 3 is 2.62 bits per heavy atom. The molecule has 1 aromatic rings. The molecule has 4 heteroatoms. The van der Waals surface area contributed by atoms with E-state index in [1.807, 2.05) is 30.3 Å². The average Bonchev–Trinajstić information content (AvgIpc) is 2.56. The molecule has 2 aliphatic rings. The molecule has 1 aliphatic carbocycles. The predicted molar refractivity (Wildman–Crippen MR) is 83.2 cm³/mol. The van der Waals surface area contributed by atoms with E-state index < -0.39 is 0 Å². The summed E-state index contributed by atoms with van der Waals surface area (Å²) >= 11 is 0. The van der Waals surface area contributed by atoms with Gasteiger partial charge in [-0.3, -0.25) is 15.1 Å². The van der Waals surface area contributed by atoms with Gasteiger partial charge in [-0.1, -0.05) is 43.2 Å². The highest BCUT2D eigenvalue weighted by Gasteiger charge is 2.39. The number of hydrogen-bond donors (Lipinski definition) is 2. The number of fused-ring (bicyclic) bond motifs is 1. The van der Waals surface area contributed by atoms with Crippen LogP contribution < -0.4 is 11.3 Å². The van der Waals surface area contributed by atoms with Crippen LogP contribution in [-0.4, -0.2) is 23.4 Å². The second-order valence-electron chi connectivity index (χ2n) is 6.31. The maximum absolute atomic E-state index is 12.4. The molecule has 1 saturated heterocycles. The molecule has 3 atom stereocenters. The molecular weight excluding hydrogens is 262 g/mol. The summed E-state index contributed by atoms with van der Waals surface area (Å²) in [6.45, 7) is 0.994. The Morgan fingerprint density at radius 1 is 1.14 bits per heavy atom. The summed E-state index contributed by atoms with van der Waals surface area (Å²) < 4.78 is 0. The summed E-state index contributed by atoms with van der Waals surface area (Å²) in [5.41, 5.74) is 3.42. The third-order valence-corrected chi connectivity index (χ3v) is 5.12. The van der Waals surface area contributed by atoms with Gasteiger partial charge in [0.2, 0.25) is 0 Å². The van der Waals surface area contributed by atoms with Gasteiger partial charge in [0.15, 0.2) is 0 Å². The van der Waals surface area contributed by atoms with E-state index in [0.29, 0.717) is 6.04 Å². The smallest absolute Gasteiger partial charge is 0.255 e. The van der Waals surface area contributed by atoms with Crippen molar-refractivity contribution >= 4 is 5.91 Å². The van der Waals surface area contributed by atoms with Gasteiger partial charge in [-0.05, 0) is 43.7 Å². The van der Waals surface area contributed by atoms with Gasteiger partial charge in [0.25, 0.3) is 5.91 Å². The Kier molecular flexibility index (Phi) is 4.56. The molecule has 1 unspecified atom stereocenters. The maximum Gasteiger partial charge on any atom is 0.255 e. The summed E-state index contributed by atoms with van der Waals surface area (Å²) in [5, 5.41) is 0. The molecule has 1 heterocycles. The van der Waals surface area contributed by atoms with E-state index in [1.54, 1.807) is 0 Å². The molecule has 1 aliphatic heterocycles. The van der Waals surface area contributed by atoms with Crippen LogP contribution in [0.4, 0.5) is 0 Å². The van der Waals surface area contributed by atoms with Crippen LogP contribution >= 0.6 is 0 Å². The number of carbonyl (C=O) groups excluding carboxylic acids is 1. The van der Waals surface area contributed by atoms with E-state index in [2.05, 4.69) is 10.3 Å². The number of nitrogens with zero attached hydrogens (tertiary/aromatic N) is 1. The monoisotopic (exact) mass is 287 g/mol. The molecule has 1 amide bonds. The first-order chi connectivity index (χ1) is 10.3. The third kappa shape index (κ3) is 2.97. The quantitative estimate of drug-likeness (QED) is 0.510. The zero-order valence-corrected chi connectivity index (χ0v) is 12.5. The lowest BCUT2D eigenvalue weighted by atomic mass is 9.77. The molecule has 0 bridgehead atoms. The van der Waals surface area contributed by atoms with Gasteiger partial charge < -0.3 is 0 Å². The van der Waals surface area contributed by atoms with Crippen molar-refractivity contribution in [1.82, 2.24) is 10.3 Å². The number of amides is 1. The molecule has 0 radical (unpaired) electrons. The van der Waals surface area contributed by atoms with Crippen molar-refractivity contribution in [2.45, 2.75) is 50.6 Å². The van der Waals surface area contributed by atoms with Crippen molar-refractivity contribution in [2.24, 2.45) is 11.8 Å². The number of benzene rings is 1. The first-order valence-electron chi connectivity index (χ1n) is 8.12. The van der Waals surface area contributed by atoms with Gasteiger partial charge in [-0.15, -0.1) is 0 Å². The minimum atomic E-state index is -0.248. The van der Waals surface area contributed by atoms with Crippen molar-refractivity contribution in [2.75, 3.05) is 6.54 Å². The third-order valence-electron chi connectivity index (χ3n) is 5.12. The van der Waals surface area contributed by atoms with Gasteiger partial charge in [0.1, 0.15) is 6.04 Å². The topological polar surface area (TPSA) is 58.4 Å². The minimum absolute atomic E-state index is 0.0903. The molecule has 114 valence electrons. The van der Waals surface area contributed by atoms with Crippen LogP contribution in [0, 0.1) is 5.92 Å². The fourth-order valence-corrected chi connectivity index (χ4v) is 4.19. The van der Waals surface area contributed by atoms with Crippen molar-refractivity contribution in [3.05, 3.63) is 35.9 Å². The van der Waals surface area contributed by atoms with Gasteiger partial charge in [-0.2, -0.15) is 0 Å². The Balaban J connectivity index is 1.90. The van der Waals surface area contributed by atoms with Crippen molar-refractivity contribution in [1.29, 1.82) is 0 Å². The lowest BCUT2D eigenvalue weighted by Crippen LogP contribution is -2.53. The molecular formula is C17H25N3O. The Morgan fingerprint density at radius 2 is 1.86 bits per heavy atom. The van der Waals surface area contributed by atoms with Crippen molar-refractivity contribution in [3.8, 4) is 0 Å². The molecule has 0 spiro atoms. The fourth-order valence-electron chi connectivity index (χ4n) is 4.19. The number of carbonyl (C=O) groups is 1. The number of hydrogen-bond acceptors (Lipinski definition) is 3. The van der Waals surface area contributed by atoms with E-state index >= 15 is 0 Å². The number of hydrazine groups is 1. The Bertz CT molecular complexity index is 474. The number of nitrogens with one attached hydrogen (secondary N) is 1. The number of likely N-dealkylation sites (tertiary alicyclic amines) is 1. The molecule has 2 fully saturated rings. The van der Waals surface area contributed by atoms with Gasteiger partial charge in [-0.25, -0.2) is 5.84 Å². The second kappa shape index (κ2) is 6.58. The molecule has 3 N–H and O–H groups in total. The standard InChI is InChI=1S/C17H25N3O/c18-19-17(21)16(14-8-2-1-3-9-14)20-12-6-10-13-7-4-5-11-15(13)20/h1-3,8-9,13,15-16H,4-7,10-12,18H2,(H,19,21)/t13-,15-,16?/m1/s1. The largest absolute Gasteiger partial charge is 0.293 e. The Labute approximate surface area is 126 Å². The number of nitrogens with two attached hydrogens (primary N) is 1. The molecule has 21 heavy (non-hydrogen) atoms. The summed E-state index contributed by atoms with van der Waals surface area (Å²) in [5.74, 6) is 6.12. The highest BCUT2D eigenvalue weighted by Crippen LogP contribution is 2.39. The van der Waals surface area contributed by atoms with E-state index in [1.165, 1.54) is 38.5 Å². The van der Waals surface area contributed by atoms with Gasteiger partial charge in [0, 0.05) is 6.04 Å². The van der Waals surface area contributed by atoms with E-state index in [4.69, 9.17) is 5.84 Å². The van der Waals surface area contributed by atoms with Crippen LogP contribution in [-0.2, 0) is 4.79 Å². The number of rotatable bonds is 3. The van der Waals surface area contributed by atoms with Crippen molar-refractivity contribution in [3.63, 3.8) is 0 Å². The lowest BCUT2D eigenvalue weighted by Gasteiger charge is -2.47. The van der Waals surface area contributed by atoms with E-state index in [9.17, 15) is 4.79 Å². The van der Waals surface area contributed by atoms with Crippen LogP contribution in [0.3, 0.4) is 0 Å². The van der Waals surface area contributed by atoms with Gasteiger partial charge >= 0.3 is 0 Å². The van der Waals surface area contributed by atoms with Crippen molar-refractivity contribution < 1.29 is 4.79 Å². The van der Waals surface area contributed by atoms with Gasteiger partial charge in [0.05, 0.1) is 0 Å². The van der Waals surface area contributed by atoms with Crippen LogP contribution in [0.5, 0.6) is 0 Å². The fraction of sp³-hybridized carbons (Fsp3) is 0.588. The Hall–Kier alpha value is -1.39. The van der Waals surface area contributed by atoms with Crippen LogP contribution in [0.2, 0.25) is 0 Å². The molecule has 1 saturated carbocycles. The second-order valence-corrected chi connectivity index (χ2v) is 6.31. The minimum Gasteiger partial charge on any atom is -0.293 e. The summed E-state index contributed by atoms with van der Waals surface area (Å²) in [7, 11) is 0. The van der Waals surface area contributed by atoms with Crippen LogP contribution in [0.15, 0.2) is 30.3 Å². The van der Waals surface area contributed by atoms with Crippen LogP contribution in [0.1, 0.15) is 50.1 Å². The average molecular weight is 287 g/mol. The first kappa shape index (κ1) is 14.5. The summed E-state index contributed by atoms with van der Waals surface area (Å²) in [6, 6.07) is 10.3.